The van der Waals surface area contributed by atoms with Crippen LogP contribution in [0.2, 0.25) is 0 Å². The maximum absolute atomic E-state index is 6.48. The molecule has 0 saturated heterocycles. The second kappa shape index (κ2) is 13.8. The van der Waals surface area contributed by atoms with Gasteiger partial charge in [-0.05, 0) is 56.8 Å². The highest BCUT2D eigenvalue weighted by molar-refractivity contribution is 6.23. The molecule has 3 nitrogen and oxygen atoms in total. The number of hydrogen-bond donors (Lipinski definition) is 0. The molecule has 2 heterocycles. The lowest BCUT2D eigenvalue weighted by molar-refractivity contribution is 0.670. The van der Waals surface area contributed by atoms with Crippen molar-refractivity contribution >= 4 is 65.3 Å². The van der Waals surface area contributed by atoms with E-state index in [2.05, 4.69) is 165 Å². The molecule has 0 unspecified atom stereocenters. The van der Waals surface area contributed by atoms with Gasteiger partial charge in [-0.2, -0.15) is 0 Å². The third kappa shape index (κ3) is 5.73. The van der Waals surface area contributed by atoms with Gasteiger partial charge in [0, 0.05) is 32.7 Å². The van der Waals surface area contributed by atoms with Gasteiger partial charge in [-0.3, -0.25) is 4.98 Å². The number of aromatic nitrogens is 2. The van der Waals surface area contributed by atoms with Crippen molar-refractivity contribution in [2.75, 3.05) is 0 Å². The van der Waals surface area contributed by atoms with E-state index in [4.69, 9.17) is 14.4 Å². The van der Waals surface area contributed by atoms with Crippen molar-refractivity contribution in [3.8, 4) is 33.5 Å². The molecule has 54 heavy (non-hydrogen) atoms. The van der Waals surface area contributed by atoms with Crippen LogP contribution in [-0.2, 0) is 0 Å². The second-order valence-corrected chi connectivity index (χ2v) is 13.4. The van der Waals surface area contributed by atoms with Gasteiger partial charge in [0.1, 0.15) is 11.2 Å². The molecule has 2 aromatic heterocycles. The van der Waals surface area contributed by atoms with Crippen molar-refractivity contribution in [3.63, 3.8) is 0 Å². The fourth-order valence-corrected chi connectivity index (χ4v) is 7.52. The van der Waals surface area contributed by atoms with E-state index in [9.17, 15) is 0 Å². The normalized spacial score (nSPS) is 11.5. The van der Waals surface area contributed by atoms with Crippen LogP contribution in [0.4, 0.5) is 0 Å². The molecular weight excluding hydrogens is 657 g/mol. The summed E-state index contributed by atoms with van der Waals surface area (Å²) in [6.07, 6.45) is 7.46. The molecule has 0 spiro atoms. The van der Waals surface area contributed by atoms with Crippen LogP contribution in [0, 0.1) is 0 Å². The lowest BCUT2D eigenvalue weighted by atomic mass is 9.97. The second-order valence-electron chi connectivity index (χ2n) is 13.4. The first kappa shape index (κ1) is 32.8. The number of rotatable bonds is 5. The SMILES string of the molecule is C=CC(=C)/C=C\C.c1ccc2c(c1)ccc1oc3c(-c4ccc(-c5ccc(-c6cnc7c8ccccc8c8ccccc8c7n6)cc5)cc4)cccc3c12. The third-order valence-corrected chi connectivity index (χ3v) is 10.2. The monoisotopic (exact) mass is 692 g/mol. The van der Waals surface area contributed by atoms with E-state index in [1.165, 1.54) is 26.9 Å². The van der Waals surface area contributed by atoms with E-state index in [0.717, 1.165) is 77.4 Å². The standard InChI is InChI=1S/C44H26N2O.C7H10/c1-2-9-32-29(8-1)24-25-40-41(32)38-15-7-14-33(44(38)47-40)30-20-16-27(17-21-30)28-18-22-31(23-19-28)39-26-45-42-36-12-5-3-10-34(36)35-11-4-6-13-37(35)43(42)46-39;1-4-6-7(3)5-2/h1-26H;4-6H,2-3H2,1H3/b;6-4-. The zero-order valence-electron chi connectivity index (χ0n) is 30.0. The van der Waals surface area contributed by atoms with Crippen LogP contribution in [0.3, 0.4) is 0 Å². The van der Waals surface area contributed by atoms with Crippen molar-refractivity contribution in [2.45, 2.75) is 6.92 Å². The van der Waals surface area contributed by atoms with Crippen LogP contribution in [0.1, 0.15) is 6.92 Å². The smallest absolute Gasteiger partial charge is 0.143 e. The molecule has 0 saturated carbocycles. The molecule has 0 fully saturated rings. The number of nitrogens with zero attached hydrogens (tertiary/aromatic N) is 2. The molecule has 0 aliphatic heterocycles. The van der Waals surface area contributed by atoms with Gasteiger partial charge in [0.15, 0.2) is 0 Å². The fraction of sp³-hybridized carbons (Fsp3) is 0.0196. The summed E-state index contributed by atoms with van der Waals surface area (Å²) in [6, 6.07) is 53.5. The van der Waals surface area contributed by atoms with Gasteiger partial charge in [-0.1, -0.05) is 177 Å². The molecule has 0 atom stereocenters. The van der Waals surface area contributed by atoms with Crippen LogP contribution in [0.5, 0.6) is 0 Å². The summed E-state index contributed by atoms with van der Waals surface area (Å²) in [5.74, 6) is 0. The lowest BCUT2D eigenvalue weighted by Crippen LogP contribution is -1.92. The van der Waals surface area contributed by atoms with Crippen molar-refractivity contribution in [1.82, 2.24) is 9.97 Å². The average Bonchev–Trinajstić information content (AvgIpc) is 3.64. The minimum absolute atomic E-state index is 0.867. The summed E-state index contributed by atoms with van der Waals surface area (Å²) in [5, 5.41) is 9.42. The molecule has 0 radical (unpaired) electrons. The number of hydrogen-bond acceptors (Lipinski definition) is 3. The lowest BCUT2D eigenvalue weighted by Gasteiger charge is -2.11. The Morgan fingerprint density at radius 1 is 0.556 bits per heavy atom. The number of furan rings is 1. The van der Waals surface area contributed by atoms with E-state index in [-0.39, 0.29) is 0 Å². The molecule has 0 amide bonds. The molecule has 10 rings (SSSR count). The molecule has 8 aromatic carbocycles. The minimum atomic E-state index is 0.867. The predicted molar refractivity (Wildman–Crippen MR) is 230 cm³/mol. The topological polar surface area (TPSA) is 38.9 Å². The molecule has 0 N–H and O–H groups in total. The van der Waals surface area contributed by atoms with Crippen molar-refractivity contribution < 1.29 is 4.42 Å². The maximum atomic E-state index is 6.48. The van der Waals surface area contributed by atoms with Crippen molar-refractivity contribution in [1.29, 1.82) is 0 Å². The first-order chi connectivity index (χ1) is 26.6. The van der Waals surface area contributed by atoms with E-state index in [1.807, 2.05) is 25.3 Å². The van der Waals surface area contributed by atoms with E-state index >= 15 is 0 Å². The maximum Gasteiger partial charge on any atom is 0.143 e. The van der Waals surface area contributed by atoms with Crippen LogP contribution in [0.25, 0.3) is 98.8 Å². The van der Waals surface area contributed by atoms with Crippen molar-refractivity contribution in [2.24, 2.45) is 0 Å². The Morgan fingerprint density at radius 2 is 1.13 bits per heavy atom. The Balaban J connectivity index is 0.000000504. The Bertz CT molecular complexity index is 3040. The highest BCUT2D eigenvalue weighted by Crippen LogP contribution is 2.40. The molecule has 0 aliphatic carbocycles. The van der Waals surface area contributed by atoms with E-state index < -0.39 is 0 Å². The molecule has 3 heteroatoms. The van der Waals surface area contributed by atoms with Gasteiger partial charge >= 0.3 is 0 Å². The molecule has 0 bridgehead atoms. The third-order valence-electron chi connectivity index (χ3n) is 10.2. The van der Waals surface area contributed by atoms with E-state index in [1.54, 1.807) is 6.08 Å². The van der Waals surface area contributed by atoms with Gasteiger partial charge in [0.25, 0.3) is 0 Å². The van der Waals surface area contributed by atoms with Crippen LogP contribution in [0.15, 0.2) is 199 Å². The average molecular weight is 693 g/mol. The molecular formula is C51H36N2O. The van der Waals surface area contributed by atoms with Gasteiger partial charge < -0.3 is 4.42 Å². The van der Waals surface area contributed by atoms with Crippen LogP contribution < -0.4 is 0 Å². The Kier molecular flexibility index (Phi) is 8.38. The van der Waals surface area contributed by atoms with Gasteiger partial charge in [0.05, 0.1) is 22.9 Å². The Morgan fingerprint density at radius 3 is 1.78 bits per heavy atom. The van der Waals surface area contributed by atoms with Gasteiger partial charge in [-0.25, -0.2) is 4.98 Å². The van der Waals surface area contributed by atoms with E-state index in [0.29, 0.717) is 0 Å². The quantitative estimate of drug-likeness (QED) is 0.133. The zero-order chi connectivity index (χ0) is 36.6. The van der Waals surface area contributed by atoms with Crippen molar-refractivity contribution in [3.05, 3.63) is 195 Å². The molecule has 10 aromatic rings. The molecule has 256 valence electrons. The number of fused-ring (bicyclic) bond motifs is 11. The first-order valence-electron chi connectivity index (χ1n) is 18.2. The number of para-hydroxylation sites is 1. The highest BCUT2D eigenvalue weighted by Gasteiger charge is 2.15. The highest BCUT2D eigenvalue weighted by atomic mass is 16.3. The minimum Gasteiger partial charge on any atom is -0.455 e. The first-order valence-corrected chi connectivity index (χ1v) is 18.2. The summed E-state index contributed by atoms with van der Waals surface area (Å²) in [7, 11) is 0. The number of benzene rings is 8. The summed E-state index contributed by atoms with van der Waals surface area (Å²) in [6.45, 7) is 9.14. The molecule has 0 aliphatic rings. The van der Waals surface area contributed by atoms with Gasteiger partial charge in [0.2, 0.25) is 0 Å². The predicted octanol–water partition coefficient (Wildman–Crippen LogP) is 14.3. The Labute approximate surface area is 313 Å². The van der Waals surface area contributed by atoms with Crippen LogP contribution in [-0.4, -0.2) is 9.97 Å². The Hall–Kier alpha value is -7.10. The van der Waals surface area contributed by atoms with Gasteiger partial charge in [-0.15, -0.1) is 0 Å². The fourth-order valence-electron chi connectivity index (χ4n) is 7.52. The van der Waals surface area contributed by atoms with Crippen LogP contribution >= 0.6 is 0 Å². The summed E-state index contributed by atoms with van der Waals surface area (Å²) in [5.41, 5.74) is 11.1. The zero-order valence-corrected chi connectivity index (χ0v) is 30.0. The summed E-state index contributed by atoms with van der Waals surface area (Å²) < 4.78 is 6.48. The summed E-state index contributed by atoms with van der Waals surface area (Å²) >= 11 is 0. The summed E-state index contributed by atoms with van der Waals surface area (Å²) in [4.78, 5) is 10.1. The number of allylic oxidation sites excluding steroid dienone is 4. The largest absolute Gasteiger partial charge is 0.455 e.